The highest BCUT2D eigenvalue weighted by molar-refractivity contribution is 5.67. The van der Waals surface area contributed by atoms with Crippen molar-refractivity contribution in [3.05, 3.63) is 0 Å². The Labute approximate surface area is 299 Å². The molecule has 9 heteroatoms. The second kappa shape index (κ2) is 63.9. The van der Waals surface area contributed by atoms with Gasteiger partial charge in [-0.2, -0.15) is 0 Å². The van der Waals surface area contributed by atoms with Crippen molar-refractivity contribution in [2.24, 2.45) is 17.2 Å². The van der Waals surface area contributed by atoms with Gasteiger partial charge < -0.3 is 32.5 Å². The van der Waals surface area contributed by atoms with Gasteiger partial charge in [0.25, 0.3) is 0 Å². The Morgan fingerprint density at radius 2 is 0.417 bits per heavy atom. The molecule has 0 bridgehead atoms. The molecule has 0 saturated heterocycles. The van der Waals surface area contributed by atoms with Crippen molar-refractivity contribution < 1.29 is 29.7 Å². The van der Waals surface area contributed by atoms with Gasteiger partial charge in [0.2, 0.25) is 0 Å². The minimum absolute atomic E-state index is 0.343. The molecule has 0 aromatic carbocycles. The summed E-state index contributed by atoms with van der Waals surface area (Å²) in [7, 11) is 4.50. The molecule has 0 atom stereocenters. The van der Waals surface area contributed by atoms with E-state index in [9.17, 15) is 14.4 Å². The average molecular weight is 694 g/mol. The molecule has 0 aromatic heterocycles. The first-order chi connectivity index (χ1) is 23.3. The topological polar surface area (TPSA) is 190 Å². The molecule has 48 heavy (non-hydrogen) atoms. The van der Waals surface area contributed by atoms with Crippen molar-refractivity contribution in [3.8, 4) is 0 Å². The largest absolute Gasteiger partial charge is 0.481 e. The van der Waals surface area contributed by atoms with Crippen molar-refractivity contribution in [1.82, 2.24) is 0 Å². The quantitative estimate of drug-likeness (QED) is 0.0397. The zero-order valence-corrected chi connectivity index (χ0v) is 33.0. The van der Waals surface area contributed by atoms with Crippen LogP contribution in [-0.2, 0) is 14.4 Å². The lowest BCUT2D eigenvalue weighted by atomic mass is 10.1. The molecule has 0 aliphatic heterocycles. The van der Waals surface area contributed by atoms with E-state index in [0.29, 0.717) is 19.3 Å². The monoisotopic (exact) mass is 694 g/mol. The second-order valence-electron chi connectivity index (χ2n) is 11.9. The fourth-order valence-electron chi connectivity index (χ4n) is 4.76. The van der Waals surface area contributed by atoms with Crippen LogP contribution in [0, 0.1) is 0 Å². The van der Waals surface area contributed by atoms with Gasteiger partial charge in [0.15, 0.2) is 0 Å². The molecule has 0 aliphatic carbocycles. The number of carboxylic acid groups (broad SMARTS) is 3. The van der Waals surface area contributed by atoms with Gasteiger partial charge in [-0.05, 0) is 40.4 Å². The Balaban J connectivity index is -0.000000127. The highest BCUT2D eigenvalue weighted by Crippen LogP contribution is 2.12. The third-order valence-corrected chi connectivity index (χ3v) is 7.48. The minimum atomic E-state index is -0.659. The predicted molar refractivity (Wildman–Crippen MR) is 209 cm³/mol. The van der Waals surface area contributed by atoms with E-state index in [1.807, 2.05) is 0 Å². The van der Waals surface area contributed by atoms with Crippen LogP contribution in [0.25, 0.3) is 0 Å². The molecule has 294 valence electrons. The van der Waals surface area contributed by atoms with Gasteiger partial charge in [0, 0.05) is 19.3 Å². The summed E-state index contributed by atoms with van der Waals surface area (Å²) >= 11 is 0. The fourth-order valence-corrected chi connectivity index (χ4v) is 4.76. The van der Waals surface area contributed by atoms with Gasteiger partial charge in [0.1, 0.15) is 0 Å². The Kier molecular flexibility index (Phi) is 77.9. The average Bonchev–Trinajstić information content (AvgIpc) is 3.09. The number of carbonyl (C=O) groups is 3. The molecule has 0 aromatic rings. The third-order valence-electron chi connectivity index (χ3n) is 7.48. The second-order valence-corrected chi connectivity index (χ2v) is 11.9. The molecule has 0 spiro atoms. The van der Waals surface area contributed by atoms with Crippen LogP contribution in [0.4, 0.5) is 0 Å². The first-order valence-electron chi connectivity index (χ1n) is 19.7. The molecule has 0 saturated carbocycles. The van der Waals surface area contributed by atoms with Crippen molar-refractivity contribution in [2.75, 3.05) is 21.1 Å². The summed E-state index contributed by atoms with van der Waals surface area (Å²) in [6.07, 6.45) is 34.4. The normalized spacial score (nSPS) is 9.44. The smallest absolute Gasteiger partial charge is 0.303 e. The SMILES string of the molecule is CCCCCCCCCCCC(=O)O.CCCCCCCCCCCC(=O)O.CCCCCCCCCCCC(=O)O.CN.CN.CN. The Morgan fingerprint density at radius 3 is 0.542 bits per heavy atom. The Hall–Kier alpha value is -1.71. The van der Waals surface area contributed by atoms with Crippen LogP contribution in [0.1, 0.15) is 213 Å². The summed E-state index contributed by atoms with van der Waals surface area (Å²) in [5, 5.41) is 25.2. The molecule has 0 radical (unpaired) electrons. The maximum absolute atomic E-state index is 10.2. The van der Waals surface area contributed by atoms with Gasteiger partial charge in [-0.3, -0.25) is 14.4 Å². The van der Waals surface area contributed by atoms with Crippen LogP contribution in [0.5, 0.6) is 0 Å². The molecule has 0 unspecified atom stereocenters. The van der Waals surface area contributed by atoms with Crippen molar-refractivity contribution in [2.45, 2.75) is 213 Å². The number of carboxylic acids is 3. The number of rotatable bonds is 30. The zero-order chi connectivity index (χ0) is 37.9. The van der Waals surface area contributed by atoms with Gasteiger partial charge >= 0.3 is 17.9 Å². The molecule has 0 fully saturated rings. The van der Waals surface area contributed by atoms with E-state index in [-0.39, 0.29) is 0 Å². The first-order valence-corrected chi connectivity index (χ1v) is 19.7. The van der Waals surface area contributed by atoms with E-state index < -0.39 is 17.9 Å². The lowest BCUT2D eigenvalue weighted by Gasteiger charge is -2.00. The lowest BCUT2D eigenvalue weighted by molar-refractivity contribution is -0.138. The number of hydrogen-bond donors (Lipinski definition) is 6. The third kappa shape index (κ3) is 84.8. The lowest BCUT2D eigenvalue weighted by Crippen LogP contribution is -1.93. The number of aliphatic carboxylic acids is 3. The predicted octanol–water partition coefficient (Wildman–Crippen LogP) is 10.7. The number of hydrogen-bond acceptors (Lipinski definition) is 6. The van der Waals surface area contributed by atoms with Crippen molar-refractivity contribution in [1.29, 1.82) is 0 Å². The molecular formula is C39H87N3O6. The van der Waals surface area contributed by atoms with E-state index in [1.54, 1.807) is 0 Å². The van der Waals surface area contributed by atoms with Crippen LogP contribution >= 0.6 is 0 Å². The van der Waals surface area contributed by atoms with Crippen LogP contribution in [0.15, 0.2) is 0 Å². The van der Waals surface area contributed by atoms with Gasteiger partial charge in [-0.1, -0.05) is 175 Å². The number of nitrogens with two attached hydrogens (primary N) is 3. The van der Waals surface area contributed by atoms with Crippen LogP contribution in [-0.4, -0.2) is 54.4 Å². The van der Waals surface area contributed by atoms with E-state index in [1.165, 1.54) is 156 Å². The molecule has 0 heterocycles. The molecular weight excluding hydrogens is 606 g/mol. The molecule has 0 aliphatic rings. The maximum Gasteiger partial charge on any atom is 0.303 e. The Bertz CT molecular complexity index is 490. The highest BCUT2D eigenvalue weighted by atomic mass is 16.4. The summed E-state index contributed by atoms with van der Waals surface area (Å²) in [6.45, 7) is 6.68. The standard InChI is InChI=1S/3C12H24O2.3CH5N/c3*1-2-3-4-5-6-7-8-9-10-11-12(13)14;3*1-2/h3*2-11H2,1H3,(H,13,14);3*2H2,1H3. The van der Waals surface area contributed by atoms with Crippen LogP contribution in [0.3, 0.4) is 0 Å². The molecule has 0 rings (SSSR count). The van der Waals surface area contributed by atoms with Crippen LogP contribution in [0.2, 0.25) is 0 Å². The molecule has 9 nitrogen and oxygen atoms in total. The van der Waals surface area contributed by atoms with Gasteiger partial charge in [0.05, 0.1) is 0 Å². The van der Waals surface area contributed by atoms with Crippen molar-refractivity contribution >= 4 is 17.9 Å². The summed E-state index contributed by atoms with van der Waals surface area (Å²) in [4.78, 5) is 30.6. The molecule has 0 amide bonds. The first kappa shape index (κ1) is 58.5. The van der Waals surface area contributed by atoms with E-state index in [0.717, 1.165) is 38.5 Å². The maximum atomic E-state index is 10.2. The highest BCUT2D eigenvalue weighted by Gasteiger charge is 1.98. The summed E-state index contributed by atoms with van der Waals surface area (Å²) < 4.78 is 0. The van der Waals surface area contributed by atoms with Gasteiger partial charge in [-0.25, -0.2) is 0 Å². The summed E-state index contributed by atoms with van der Waals surface area (Å²) in [5.74, 6) is -1.98. The van der Waals surface area contributed by atoms with E-state index in [4.69, 9.17) is 15.3 Å². The molecule has 9 N–H and O–H groups in total. The number of unbranched alkanes of at least 4 members (excludes halogenated alkanes) is 24. The summed E-state index contributed by atoms with van der Waals surface area (Å²) in [6, 6.07) is 0. The van der Waals surface area contributed by atoms with Crippen LogP contribution < -0.4 is 17.2 Å². The van der Waals surface area contributed by atoms with E-state index in [2.05, 4.69) is 38.0 Å². The van der Waals surface area contributed by atoms with Crippen molar-refractivity contribution in [3.63, 3.8) is 0 Å². The Morgan fingerprint density at radius 1 is 0.292 bits per heavy atom. The minimum Gasteiger partial charge on any atom is -0.481 e. The summed E-state index contributed by atoms with van der Waals surface area (Å²) in [5.41, 5.74) is 13.5. The zero-order valence-electron chi connectivity index (χ0n) is 33.0. The van der Waals surface area contributed by atoms with Gasteiger partial charge in [-0.15, -0.1) is 0 Å². The fraction of sp³-hybridized carbons (Fsp3) is 0.923. The van der Waals surface area contributed by atoms with E-state index >= 15 is 0 Å².